The second-order valence-electron chi connectivity index (χ2n) is 6.10. The van der Waals surface area contributed by atoms with Gasteiger partial charge < -0.3 is 10.1 Å². The lowest BCUT2D eigenvalue weighted by Gasteiger charge is -2.27. The highest BCUT2D eigenvalue weighted by molar-refractivity contribution is 5.81. The number of hydrogen-bond acceptors (Lipinski definition) is 2. The summed E-state index contributed by atoms with van der Waals surface area (Å²) in [6.07, 6.45) is 1.50. The van der Waals surface area contributed by atoms with Gasteiger partial charge in [0, 0.05) is 18.6 Å². The van der Waals surface area contributed by atoms with Gasteiger partial charge in [0.05, 0.1) is 0 Å². The molecule has 0 saturated carbocycles. The predicted molar refractivity (Wildman–Crippen MR) is 91.3 cm³/mol. The molecule has 1 aliphatic rings. The Kier molecular flexibility index (Phi) is 5.09. The fourth-order valence-corrected chi connectivity index (χ4v) is 3.28. The van der Waals surface area contributed by atoms with E-state index in [9.17, 15) is 4.79 Å². The lowest BCUT2D eigenvalue weighted by atomic mass is 9.85. The fraction of sp³-hybridized carbons (Fsp3) is 0.350. The van der Waals surface area contributed by atoms with Crippen LogP contribution in [0.3, 0.4) is 0 Å². The van der Waals surface area contributed by atoms with E-state index < -0.39 is 0 Å². The van der Waals surface area contributed by atoms with Crippen LogP contribution >= 0.6 is 0 Å². The standard InChI is InChI=1S/C20H23NO2/c1-15(21-20(22)18-13-8-14-23-18)19(16-9-4-2-5-10-16)17-11-6-3-7-12-17/h2-7,9-12,15,18-19H,8,13-14H2,1H3,(H,21,22). The van der Waals surface area contributed by atoms with Crippen molar-refractivity contribution in [3.63, 3.8) is 0 Å². The van der Waals surface area contributed by atoms with Gasteiger partial charge in [-0.2, -0.15) is 0 Å². The normalized spacial score (nSPS) is 18.8. The van der Waals surface area contributed by atoms with Crippen LogP contribution in [0.1, 0.15) is 36.8 Å². The Morgan fingerprint density at radius 2 is 1.61 bits per heavy atom. The summed E-state index contributed by atoms with van der Waals surface area (Å²) in [5, 5.41) is 3.15. The van der Waals surface area contributed by atoms with Crippen molar-refractivity contribution >= 4 is 5.91 Å². The second-order valence-corrected chi connectivity index (χ2v) is 6.10. The van der Waals surface area contributed by atoms with E-state index in [0.717, 1.165) is 12.8 Å². The van der Waals surface area contributed by atoms with Crippen LogP contribution in [0.15, 0.2) is 60.7 Å². The molecule has 23 heavy (non-hydrogen) atoms. The molecule has 3 heteroatoms. The average molecular weight is 309 g/mol. The summed E-state index contributed by atoms with van der Waals surface area (Å²) in [6, 6.07) is 20.7. The fourth-order valence-electron chi connectivity index (χ4n) is 3.28. The van der Waals surface area contributed by atoms with E-state index >= 15 is 0 Å². The molecule has 120 valence electrons. The molecule has 0 aliphatic carbocycles. The molecular weight excluding hydrogens is 286 g/mol. The molecule has 2 atom stereocenters. The first-order chi connectivity index (χ1) is 11.3. The van der Waals surface area contributed by atoms with Gasteiger partial charge in [-0.05, 0) is 30.9 Å². The van der Waals surface area contributed by atoms with Crippen LogP contribution in [0.4, 0.5) is 0 Å². The van der Waals surface area contributed by atoms with Crippen molar-refractivity contribution in [2.45, 2.75) is 37.8 Å². The molecule has 1 N–H and O–H groups in total. The van der Waals surface area contributed by atoms with Gasteiger partial charge in [-0.25, -0.2) is 0 Å². The minimum absolute atomic E-state index is 0.00324. The van der Waals surface area contributed by atoms with Crippen LogP contribution in [0.5, 0.6) is 0 Å². The number of rotatable bonds is 5. The lowest BCUT2D eigenvalue weighted by Crippen LogP contribution is -2.42. The zero-order valence-electron chi connectivity index (χ0n) is 13.4. The molecule has 2 unspecified atom stereocenters. The van der Waals surface area contributed by atoms with Crippen molar-refractivity contribution in [1.29, 1.82) is 0 Å². The summed E-state index contributed by atoms with van der Waals surface area (Å²) in [5.74, 6) is 0.134. The molecular formula is C20H23NO2. The maximum absolute atomic E-state index is 12.4. The Morgan fingerprint density at radius 3 is 2.09 bits per heavy atom. The van der Waals surface area contributed by atoms with E-state index in [1.54, 1.807) is 0 Å². The summed E-state index contributed by atoms with van der Waals surface area (Å²) in [6.45, 7) is 2.75. The van der Waals surface area contributed by atoms with Crippen molar-refractivity contribution in [2.75, 3.05) is 6.61 Å². The maximum atomic E-state index is 12.4. The largest absolute Gasteiger partial charge is 0.368 e. The van der Waals surface area contributed by atoms with Crippen LogP contribution in [-0.4, -0.2) is 24.7 Å². The number of benzene rings is 2. The number of carbonyl (C=O) groups is 1. The molecule has 1 fully saturated rings. The number of hydrogen-bond donors (Lipinski definition) is 1. The number of nitrogens with one attached hydrogen (secondary N) is 1. The zero-order valence-corrected chi connectivity index (χ0v) is 13.4. The van der Waals surface area contributed by atoms with Crippen LogP contribution in [0.2, 0.25) is 0 Å². The number of amides is 1. The highest BCUT2D eigenvalue weighted by Crippen LogP contribution is 2.28. The van der Waals surface area contributed by atoms with E-state index in [2.05, 4.69) is 36.5 Å². The SMILES string of the molecule is CC(NC(=O)C1CCCO1)C(c1ccccc1)c1ccccc1. The third kappa shape index (κ3) is 3.80. The van der Waals surface area contributed by atoms with Crippen LogP contribution in [0, 0.1) is 0 Å². The molecule has 0 aromatic heterocycles. The molecule has 0 spiro atoms. The maximum Gasteiger partial charge on any atom is 0.249 e. The van der Waals surface area contributed by atoms with Gasteiger partial charge in [0.15, 0.2) is 0 Å². The number of ether oxygens (including phenoxy) is 1. The molecule has 0 radical (unpaired) electrons. The van der Waals surface area contributed by atoms with Crippen LogP contribution in [-0.2, 0) is 9.53 Å². The summed E-state index contributed by atoms with van der Waals surface area (Å²) in [7, 11) is 0. The van der Waals surface area contributed by atoms with Gasteiger partial charge in [0.25, 0.3) is 0 Å². The minimum atomic E-state index is -0.287. The minimum Gasteiger partial charge on any atom is -0.368 e. The van der Waals surface area contributed by atoms with E-state index in [0.29, 0.717) is 6.61 Å². The Morgan fingerprint density at radius 1 is 1.04 bits per heavy atom. The van der Waals surface area contributed by atoms with Crippen molar-refractivity contribution in [2.24, 2.45) is 0 Å². The molecule has 1 amide bonds. The smallest absolute Gasteiger partial charge is 0.249 e. The number of carbonyl (C=O) groups excluding carboxylic acids is 1. The molecule has 3 nitrogen and oxygen atoms in total. The van der Waals surface area contributed by atoms with Gasteiger partial charge in [0.2, 0.25) is 5.91 Å². The summed E-state index contributed by atoms with van der Waals surface area (Å²) in [4.78, 5) is 12.4. The molecule has 3 rings (SSSR count). The zero-order chi connectivity index (χ0) is 16.1. The van der Waals surface area contributed by atoms with Crippen molar-refractivity contribution in [3.05, 3.63) is 71.8 Å². The van der Waals surface area contributed by atoms with E-state index in [1.807, 2.05) is 36.4 Å². The first-order valence-corrected chi connectivity index (χ1v) is 8.27. The lowest BCUT2D eigenvalue weighted by molar-refractivity contribution is -0.130. The second kappa shape index (κ2) is 7.42. The molecule has 1 aliphatic heterocycles. The molecule has 1 saturated heterocycles. The van der Waals surface area contributed by atoms with Gasteiger partial charge in [-0.1, -0.05) is 60.7 Å². The van der Waals surface area contributed by atoms with Gasteiger partial charge in [-0.15, -0.1) is 0 Å². The third-order valence-electron chi connectivity index (χ3n) is 4.41. The highest BCUT2D eigenvalue weighted by atomic mass is 16.5. The summed E-state index contributed by atoms with van der Waals surface area (Å²) < 4.78 is 5.49. The third-order valence-corrected chi connectivity index (χ3v) is 4.41. The molecule has 2 aromatic rings. The van der Waals surface area contributed by atoms with Gasteiger partial charge >= 0.3 is 0 Å². The average Bonchev–Trinajstić information content (AvgIpc) is 3.12. The molecule has 1 heterocycles. The van der Waals surface area contributed by atoms with E-state index in [-0.39, 0.29) is 24.0 Å². The first-order valence-electron chi connectivity index (χ1n) is 8.27. The van der Waals surface area contributed by atoms with Crippen molar-refractivity contribution in [3.8, 4) is 0 Å². The predicted octanol–water partition coefficient (Wildman–Crippen LogP) is 3.50. The van der Waals surface area contributed by atoms with Gasteiger partial charge in [-0.3, -0.25) is 4.79 Å². The Bertz CT molecular complexity index is 581. The quantitative estimate of drug-likeness (QED) is 0.918. The van der Waals surface area contributed by atoms with E-state index in [1.165, 1.54) is 11.1 Å². The molecule has 2 aromatic carbocycles. The monoisotopic (exact) mass is 309 g/mol. The van der Waals surface area contributed by atoms with Crippen LogP contribution in [0.25, 0.3) is 0 Å². The van der Waals surface area contributed by atoms with Crippen molar-refractivity contribution < 1.29 is 9.53 Å². The van der Waals surface area contributed by atoms with Crippen molar-refractivity contribution in [1.82, 2.24) is 5.32 Å². The Balaban J connectivity index is 1.81. The van der Waals surface area contributed by atoms with Gasteiger partial charge in [0.1, 0.15) is 6.10 Å². The van der Waals surface area contributed by atoms with Crippen LogP contribution < -0.4 is 5.32 Å². The Labute approximate surface area is 137 Å². The summed E-state index contributed by atoms with van der Waals surface area (Å²) >= 11 is 0. The first kappa shape index (κ1) is 15.8. The Hall–Kier alpha value is -2.13. The highest BCUT2D eigenvalue weighted by Gasteiger charge is 2.28. The molecule has 0 bridgehead atoms. The van der Waals surface area contributed by atoms with E-state index in [4.69, 9.17) is 4.74 Å². The topological polar surface area (TPSA) is 38.3 Å². The summed E-state index contributed by atoms with van der Waals surface area (Å²) in [5.41, 5.74) is 2.41.